The first-order valence-electron chi connectivity index (χ1n) is 3.48. The highest BCUT2D eigenvalue weighted by Gasteiger charge is 1.99. The first-order chi connectivity index (χ1) is 6.43. The lowest BCUT2D eigenvalue weighted by Crippen LogP contribution is -2.51. The van der Waals surface area contributed by atoms with Gasteiger partial charge in [-0.25, -0.2) is 0 Å². The van der Waals surface area contributed by atoms with E-state index in [-0.39, 0.29) is 17.4 Å². The van der Waals surface area contributed by atoms with Gasteiger partial charge in [0, 0.05) is 12.1 Å². The van der Waals surface area contributed by atoms with Gasteiger partial charge in [-0.2, -0.15) is 0 Å². The number of rotatable bonds is 1. The van der Waals surface area contributed by atoms with E-state index in [0.717, 1.165) is 12.1 Å². The summed E-state index contributed by atoms with van der Waals surface area (Å²) in [4.78, 5) is 9.47. The summed E-state index contributed by atoms with van der Waals surface area (Å²) in [5.74, 6) is -0.300. The lowest BCUT2D eigenvalue weighted by atomic mass is 10.3. The van der Waals surface area contributed by atoms with E-state index >= 15 is 0 Å². The topological polar surface area (TPSA) is 144 Å². The van der Waals surface area contributed by atoms with Gasteiger partial charge < -0.3 is 5.11 Å². The molecule has 0 heterocycles. The largest absolute Gasteiger partial charge is 0.872 e. The molecule has 0 aliphatic heterocycles. The molecule has 1 aromatic carbocycles. The second kappa shape index (κ2) is 5.36. The molecule has 7 heteroatoms. The summed E-state index contributed by atoms with van der Waals surface area (Å²) in [5.41, 5.74) is 9.11. The minimum absolute atomic E-state index is 0.0559. The average Bonchev–Trinajstić information content (AvgIpc) is 2.03. The van der Waals surface area contributed by atoms with Crippen LogP contribution in [0.5, 0.6) is 5.75 Å². The van der Waals surface area contributed by atoms with Crippen molar-refractivity contribution in [3.63, 3.8) is 0 Å². The molecular weight excluding hydrogens is 188 g/mol. The lowest BCUT2D eigenvalue weighted by Gasteiger charge is -2.00. The van der Waals surface area contributed by atoms with Gasteiger partial charge in [-0.05, 0) is 0 Å². The van der Waals surface area contributed by atoms with Gasteiger partial charge >= 0.3 is 5.96 Å². The van der Waals surface area contributed by atoms with E-state index in [4.69, 9.17) is 0 Å². The monoisotopic (exact) mass is 198 g/mol. The van der Waals surface area contributed by atoms with Crippen LogP contribution >= 0.6 is 0 Å². The van der Waals surface area contributed by atoms with Gasteiger partial charge in [-0.15, -0.1) is 5.75 Å². The molecule has 0 amide bonds. The van der Waals surface area contributed by atoms with Crippen molar-refractivity contribution in [1.82, 2.24) is 0 Å². The zero-order valence-electron chi connectivity index (χ0n) is 7.21. The van der Waals surface area contributed by atoms with E-state index < -0.39 is 4.92 Å². The fourth-order valence-electron chi connectivity index (χ4n) is 0.568. The van der Waals surface area contributed by atoms with Crippen LogP contribution in [-0.4, -0.2) is 10.9 Å². The molecule has 0 saturated carbocycles. The summed E-state index contributed by atoms with van der Waals surface area (Å²) < 4.78 is 0. The SMILES string of the molecule is NC(N)=[NH2+].O=[N+]([O-])c1ccc([O-])cc1. The van der Waals surface area contributed by atoms with Gasteiger partial charge in [0.05, 0.1) is 4.92 Å². The average molecular weight is 198 g/mol. The fraction of sp³-hybridized carbons (Fsp3) is 0. The molecule has 1 rings (SSSR count). The second-order valence-electron chi connectivity index (χ2n) is 2.25. The highest BCUT2D eigenvalue weighted by atomic mass is 16.6. The van der Waals surface area contributed by atoms with Gasteiger partial charge in [0.1, 0.15) is 0 Å². The van der Waals surface area contributed by atoms with Crippen LogP contribution in [0.15, 0.2) is 24.3 Å². The molecule has 0 aromatic heterocycles. The molecule has 1 aromatic rings. The maximum Gasteiger partial charge on any atom is 0.336 e. The summed E-state index contributed by atoms with van der Waals surface area (Å²) in [7, 11) is 0. The number of benzene rings is 1. The highest BCUT2D eigenvalue weighted by molar-refractivity contribution is 5.68. The molecular formula is C7H10N4O3. The van der Waals surface area contributed by atoms with Crippen molar-refractivity contribution in [3.05, 3.63) is 34.4 Å². The zero-order valence-corrected chi connectivity index (χ0v) is 7.21. The van der Waals surface area contributed by atoms with Gasteiger partial charge in [-0.1, -0.05) is 12.1 Å². The molecule has 0 spiro atoms. The van der Waals surface area contributed by atoms with Crippen molar-refractivity contribution in [2.45, 2.75) is 0 Å². The Bertz CT molecular complexity index is 318. The number of nitrogens with zero attached hydrogens (tertiary/aromatic N) is 1. The van der Waals surface area contributed by atoms with Crippen LogP contribution < -0.4 is 22.0 Å². The van der Waals surface area contributed by atoms with Crippen LogP contribution in [0.4, 0.5) is 5.69 Å². The third-order valence-electron chi connectivity index (χ3n) is 1.05. The molecule has 0 fully saturated rings. The quantitative estimate of drug-likeness (QED) is 0.201. The van der Waals surface area contributed by atoms with Crippen molar-refractivity contribution in [2.75, 3.05) is 0 Å². The summed E-state index contributed by atoms with van der Waals surface area (Å²) >= 11 is 0. The van der Waals surface area contributed by atoms with Crippen LogP contribution in [0.2, 0.25) is 0 Å². The maximum absolute atomic E-state index is 10.4. The Hall–Kier alpha value is -2.31. The molecule has 7 nitrogen and oxygen atoms in total. The first-order valence-corrected chi connectivity index (χ1v) is 3.48. The van der Waals surface area contributed by atoms with Crippen molar-refractivity contribution in [2.24, 2.45) is 11.5 Å². The molecule has 0 bridgehead atoms. The summed E-state index contributed by atoms with van der Waals surface area (Å²) in [5, 5.41) is 25.0. The van der Waals surface area contributed by atoms with Crippen LogP contribution in [0.25, 0.3) is 0 Å². The van der Waals surface area contributed by atoms with Crippen LogP contribution in [0.1, 0.15) is 0 Å². The number of guanidine groups is 1. The smallest absolute Gasteiger partial charge is 0.336 e. The number of non-ortho nitro benzene ring substituents is 1. The highest BCUT2D eigenvalue weighted by Crippen LogP contribution is 2.12. The zero-order chi connectivity index (χ0) is 11.1. The van der Waals surface area contributed by atoms with E-state index in [1.54, 1.807) is 0 Å². The number of hydrogen-bond acceptors (Lipinski definition) is 3. The van der Waals surface area contributed by atoms with Crippen molar-refractivity contribution in [3.8, 4) is 5.75 Å². The molecule has 0 aliphatic rings. The molecule has 0 saturated heterocycles. The Balaban J connectivity index is 0.000000364. The predicted molar refractivity (Wildman–Crippen MR) is 47.8 cm³/mol. The predicted octanol–water partition coefficient (Wildman–Crippen LogP) is -2.31. The minimum Gasteiger partial charge on any atom is -0.872 e. The van der Waals surface area contributed by atoms with E-state index in [9.17, 15) is 15.2 Å². The van der Waals surface area contributed by atoms with Crippen molar-refractivity contribution >= 4 is 11.6 Å². The lowest BCUT2D eigenvalue weighted by molar-refractivity contribution is -0.385. The summed E-state index contributed by atoms with van der Waals surface area (Å²) in [6.45, 7) is 0. The van der Waals surface area contributed by atoms with E-state index in [1.165, 1.54) is 12.1 Å². The van der Waals surface area contributed by atoms with Crippen LogP contribution in [0, 0.1) is 10.1 Å². The third kappa shape index (κ3) is 5.35. The van der Waals surface area contributed by atoms with E-state index in [1.807, 2.05) is 0 Å². The maximum atomic E-state index is 10.4. The molecule has 14 heavy (non-hydrogen) atoms. The first kappa shape index (κ1) is 11.7. The second-order valence-corrected chi connectivity index (χ2v) is 2.25. The van der Waals surface area contributed by atoms with Crippen molar-refractivity contribution in [1.29, 1.82) is 0 Å². The third-order valence-corrected chi connectivity index (χ3v) is 1.05. The normalized spacial score (nSPS) is 8.29. The van der Waals surface area contributed by atoms with E-state index in [0.29, 0.717) is 0 Å². The van der Waals surface area contributed by atoms with Gasteiger partial charge in [0.2, 0.25) is 0 Å². The Kier molecular flexibility index (Phi) is 4.47. The standard InChI is InChI=1S/C6H5NO3.CH5N3/c8-6-3-1-5(2-4-6)7(9)10;2-1(3)4/h1-4,8H;(H5,2,3,4). The molecule has 76 valence electrons. The fourth-order valence-corrected chi connectivity index (χ4v) is 0.568. The molecule has 0 aliphatic carbocycles. The Morgan fingerprint density at radius 2 is 1.64 bits per heavy atom. The van der Waals surface area contributed by atoms with E-state index in [2.05, 4.69) is 16.9 Å². The summed E-state index contributed by atoms with van der Waals surface area (Å²) in [6.07, 6.45) is 0. The molecule has 0 atom stereocenters. The number of nitrogens with two attached hydrogens (primary N) is 3. The Morgan fingerprint density at radius 1 is 1.29 bits per heavy atom. The number of nitro benzene ring substituents is 1. The Morgan fingerprint density at radius 3 is 1.93 bits per heavy atom. The number of hydrogen-bond donors (Lipinski definition) is 3. The Labute approximate surface area is 79.6 Å². The van der Waals surface area contributed by atoms with Crippen LogP contribution in [0.3, 0.4) is 0 Å². The van der Waals surface area contributed by atoms with Crippen molar-refractivity contribution < 1.29 is 15.4 Å². The summed E-state index contributed by atoms with van der Waals surface area (Å²) in [6, 6.07) is 4.70. The minimum atomic E-state index is -0.542. The van der Waals surface area contributed by atoms with Gasteiger partial charge in [0.25, 0.3) is 5.69 Å². The molecule has 0 unspecified atom stereocenters. The molecule has 0 radical (unpaired) electrons. The van der Waals surface area contributed by atoms with Gasteiger partial charge in [0.15, 0.2) is 0 Å². The van der Waals surface area contributed by atoms with Crippen LogP contribution in [-0.2, 0) is 0 Å². The molecule has 6 N–H and O–H groups in total. The number of nitro groups is 1. The van der Waals surface area contributed by atoms with Gasteiger partial charge in [-0.3, -0.25) is 27.0 Å².